The molecule has 1 aromatic carbocycles. The maximum Gasteiger partial charge on any atom is 0.170 e. The Balaban J connectivity index is 2.27. The van der Waals surface area contributed by atoms with Crippen LogP contribution in [0.2, 0.25) is 0 Å². The lowest BCUT2D eigenvalue weighted by Gasteiger charge is -2.07. The second kappa shape index (κ2) is 5.90. The number of nitrogens with two attached hydrogens (primary N) is 1. The van der Waals surface area contributed by atoms with Crippen LogP contribution in [0.15, 0.2) is 24.3 Å². The van der Waals surface area contributed by atoms with Gasteiger partial charge >= 0.3 is 0 Å². The molecule has 0 radical (unpaired) electrons. The highest BCUT2D eigenvalue weighted by molar-refractivity contribution is 6.01. The second-order valence-corrected chi connectivity index (χ2v) is 4.99. The Morgan fingerprint density at radius 2 is 2.05 bits per heavy atom. The van der Waals surface area contributed by atoms with Crippen LogP contribution in [0.5, 0.6) is 0 Å². The fourth-order valence-corrected chi connectivity index (χ4v) is 2.28. The van der Waals surface area contributed by atoms with Crippen LogP contribution < -0.4 is 5.73 Å². The molecule has 1 heterocycles. The van der Waals surface area contributed by atoms with Gasteiger partial charge in [0.15, 0.2) is 5.78 Å². The number of Topliss-reactive ketones (excluding diaryl/α,β-unsaturated/α-hetero) is 1. The van der Waals surface area contributed by atoms with Gasteiger partial charge in [-0.1, -0.05) is 18.6 Å². The van der Waals surface area contributed by atoms with Gasteiger partial charge in [0.2, 0.25) is 0 Å². The molecule has 4 heteroatoms. The van der Waals surface area contributed by atoms with Crippen molar-refractivity contribution in [3.05, 3.63) is 46.8 Å². The molecule has 0 spiro atoms. The van der Waals surface area contributed by atoms with E-state index in [0.29, 0.717) is 17.7 Å². The molecule has 0 unspecified atom stereocenters. The Hall–Kier alpha value is -2.10. The third kappa shape index (κ3) is 2.90. The van der Waals surface area contributed by atoms with Crippen LogP contribution in [0.25, 0.3) is 0 Å². The van der Waals surface area contributed by atoms with E-state index in [1.54, 1.807) is 6.07 Å². The second-order valence-electron chi connectivity index (χ2n) is 4.99. The van der Waals surface area contributed by atoms with E-state index < -0.39 is 0 Å². The van der Waals surface area contributed by atoms with Gasteiger partial charge in [0.05, 0.1) is 12.1 Å². The minimum Gasteiger partial charge on any atom is -0.398 e. The lowest BCUT2D eigenvalue weighted by molar-refractivity contribution is 0.0991. The van der Waals surface area contributed by atoms with Gasteiger partial charge in [0, 0.05) is 23.5 Å². The predicted octanol–water partition coefficient (Wildman–Crippen LogP) is 2.78. The summed E-state index contributed by atoms with van der Waals surface area (Å²) in [5.74, 6) is 0.0449. The van der Waals surface area contributed by atoms with E-state index in [0.717, 1.165) is 29.9 Å². The lowest BCUT2D eigenvalue weighted by atomic mass is 10.0. The summed E-state index contributed by atoms with van der Waals surface area (Å²) in [7, 11) is 0. The summed E-state index contributed by atoms with van der Waals surface area (Å²) in [5, 5.41) is 4.47. The fraction of sp³-hybridized carbons (Fsp3) is 0.375. The van der Waals surface area contributed by atoms with E-state index in [1.807, 2.05) is 36.7 Å². The van der Waals surface area contributed by atoms with Crippen molar-refractivity contribution in [2.24, 2.45) is 0 Å². The molecule has 2 aromatic rings. The zero-order valence-electron chi connectivity index (χ0n) is 12.3. The molecule has 0 aliphatic carbocycles. The fourth-order valence-electron chi connectivity index (χ4n) is 2.28. The summed E-state index contributed by atoms with van der Waals surface area (Å²) >= 11 is 0. The van der Waals surface area contributed by atoms with Crippen LogP contribution in [-0.4, -0.2) is 15.6 Å². The van der Waals surface area contributed by atoms with Crippen LogP contribution in [0.1, 0.15) is 41.2 Å². The maximum absolute atomic E-state index is 12.4. The summed E-state index contributed by atoms with van der Waals surface area (Å²) in [6.45, 7) is 6.82. The number of anilines is 1. The highest BCUT2D eigenvalue weighted by atomic mass is 16.1. The molecule has 106 valence electrons. The highest BCUT2D eigenvalue weighted by Crippen LogP contribution is 2.17. The van der Waals surface area contributed by atoms with E-state index in [-0.39, 0.29) is 5.78 Å². The van der Waals surface area contributed by atoms with Gasteiger partial charge in [-0.3, -0.25) is 9.48 Å². The van der Waals surface area contributed by atoms with Gasteiger partial charge in [0.25, 0.3) is 0 Å². The number of hydrogen-bond acceptors (Lipinski definition) is 3. The Labute approximate surface area is 119 Å². The van der Waals surface area contributed by atoms with E-state index in [2.05, 4.69) is 12.0 Å². The van der Waals surface area contributed by atoms with Crippen molar-refractivity contribution in [1.29, 1.82) is 0 Å². The molecule has 0 aliphatic rings. The number of nitrogen functional groups attached to an aromatic ring is 1. The van der Waals surface area contributed by atoms with Gasteiger partial charge in [-0.2, -0.15) is 5.10 Å². The van der Waals surface area contributed by atoms with E-state index in [9.17, 15) is 4.79 Å². The monoisotopic (exact) mass is 271 g/mol. The number of carbonyl (C=O) groups is 1. The largest absolute Gasteiger partial charge is 0.398 e. The van der Waals surface area contributed by atoms with Gasteiger partial charge in [-0.15, -0.1) is 0 Å². The average molecular weight is 271 g/mol. The molecule has 1 aromatic heterocycles. The van der Waals surface area contributed by atoms with Crippen LogP contribution in [-0.2, 0) is 19.4 Å². The van der Waals surface area contributed by atoms with Crippen molar-refractivity contribution in [3.63, 3.8) is 0 Å². The molecule has 0 aliphatic heterocycles. The topological polar surface area (TPSA) is 60.9 Å². The third-order valence-corrected chi connectivity index (χ3v) is 3.43. The molecule has 0 amide bonds. The van der Waals surface area contributed by atoms with Crippen molar-refractivity contribution in [2.45, 2.75) is 40.2 Å². The predicted molar refractivity (Wildman–Crippen MR) is 80.9 cm³/mol. The zero-order chi connectivity index (χ0) is 14.7. The smallest absolute Gasteiger partial charge is 0.170 e. The van der Waals surface area contributed by atoms with Gasteiger partial charge in [0.1, 0.15) is 0 Å². The molecule has 0 fully saturated rings. The molecule has 20 heavy (non-hydrogen) atoms. The van der Waals surface area contributed by atoms with Gasteiger partial charge in [-0.05, 0) is 38.5 Å². The molecule has 0 bridgehead atoms. The van der Waals surface area contributed by atoms with E-state index in [4.69, 9.17) is 5.73 Å². The number of nitrogens with zero attached hydrogens (tertiary/aromatic N) is 2. The first kappa shape index (κ1) is 14.3. The summed E-state index contributed by atoms with van der Waals surface area (Å²) in [4.78, 5) is 12.4. The molecule has 0 saturated heterocycles. The number of carbonyl (C=O) groups excluding carboxylic acids is 1. The first-order valence-corrected chi connectivity index (χ1v) is 7.00. The third-order valence-electron chi connectivity index (χ3n) is 3.43. The zero-order valence-corrected chi connectivity index (χ0v) is 12.3. The Kier molecular flexibility index (Phi) is 4.23. The standard InChI is InChI=1S/C16H21N3O/c1-4-12-9-13(19(5-2)18-12)10-16(20)14-8-11(3)6-7-15(14)17/h6-9H,4-5,10,17H2,1-3H3. The Bertz CT molecular complexity index is 629. The van der Waals surface area contributed by atoms with Crippen LogP contribution >= 0.6 is 0 Å². The van der Waals surface area contributed by atoms with Crippen molar-refractivity contribution < 1.29 is 4.79 Å². The quantitative estimate of drug-likeness (QED) is 0.672. The number of aryl methyl sites for hydroxylation is 3. The molecular formula is C16H21N3O. The lowest BCUT2D eigenvalue weighted by Crippen LogP contribution is -2.11. The van der Waals surface area contributed by atoms with Crippen LogP contribution in [0, 0.1) is 6.92 Å². The molecule has 2 rings (SSSR count). The summed E-state index contributed by atoms with van der Waals surface area (Å²) in [5.41, 5.74) is 10.1. The van der Waals surface area contributed by atoms with Crippen molar-refractivity contribution in [3.8, 4) is 0 Å². The Morgan fingerprint density at radius 3 is 2.70 bits per heavy atom. The highest BCUT2D eigenvalue weighted by Gasteiger charge is 2.14. The van der Waals surface area contributed by atoms with Crippen molar-refractivity contribution in [1.82, 2.24) is 9.78 Å². The minimum absolute atomic E-state index is 0.0449. The average Bonchev–Trinajstić information content (AvgIpc) is 2.83. The summed E-state index contributed by atoms with van der Waals surface area (Å²) < 4.78 is 1.89. The van der Waals surface area contributed by atoms with Crippen molar-refractivity contribution in [2.75, 3.05) is 5.73 Å². The summed E-state index contributed by atoms with van der Waals surface area (Å²) in [6, 6.07) is 7.56. The van der Waals surface area contributed by atoms with Gasteiger partial charge < -0.3 is 5.73 Å². The summed E-state index contributed by atoms with van der Waals surface area (Å²) in [6.07, 6.45) is 1.22. The number of hydrogen-bond donors (Lipinski definition) is 1. The molecular weight excluding hydrogens is 250 g/mol. The van der Waals surface area contributed by atoms with Gasteiger partial charge in [-0.25, -0.2) is 0 Å². The maximum atomic E-state index is 12.4. The van der Waals surface area contributed by atoms with E-state index in [1.165, 1.54) is 0 Å². The van der Waals surface area contributed by atoms with Crippen molar-refractivity contribution >= 4 is 11.5 Å². The number of benzene rings is 1. The first-order chi connectivity index (χ1) is 9.55. The minimum atomic E-state index is 0.0449. The normalized spacial score (nSPS) is 10.8. The molecule has 0 atom stereocenters. The first-order valence-electron chi connectivity index (χ1n) is 7.00. The van der Waals surface area contributed by atoms with Crippen LogP contribution in [0.3, 0.4) is 0 Å². The Morgan fingerprint density at radius 1 is 1.30 bits per heavy atom. The number of rotatable bonds is 5. The molecule has 0 saturated carbocycles. The number of aromatic nitrogens is 2. The molecule has 4 nitrogen and oxygen atoms in total. The van der Waals surface area contributed by atoms with E-state index >= 15 is 0 Å². The molecule has 2 N–H and O–H groups in total. The number of ketones is 1. The SMILES string of the molecule is CCc1cc(CC(=O)c2cc(C)ccc2N)n(CC)n1. The van der Waals surface area contributed by atoms with Crippen LogP contribution in [0.4, 0.5) is 5.69 Å².